The number of nitrogens with zero attached hydrogens (tertiary/aromatic N) is 1. The maximum Gasteiger partial charge on any atom is 0.252 e. The Morgan fingerprint density at radius 3 is 3.08 bits per heavy atom. The topological polar surface area (TPSA) is 42.0 Å². The van der Waals surface area contributed by atoms with Gasteiger partial charge in [0, 0.05) is 11.8 Å². The maximum atomic E-state index is 11.2. The zero-order chi connectivity index (χ0) is 8.72. The summed E-state index contributed by atoms with van der Waals surface area (Å²) in [5.41, 5.74) is 1.32. The number of rotatable bonds is 0. The average molecular weight is 247 g/mol. The van der Waals surface area contributed by atoms with Crippen molar-refractivity contribution in [1.82, 2.24) is 10.3 Å². The smallest absolute Gasteiger partial charge is 0.252 e. The normalized spacial score (nSPS) is 20.5. The Kier molecular flexibility index (Phi) is 1.81. The lowest BCUT2D eigenvalue weighted by molar-refractivity contribution is 0.0965. The predicted molar refractivity (Wildman–Crippen MR) is 48.4 cm³/mol. The van der Waals surface area contributed by atoms with Gasteiger partial charge in [0.15, 0.2) is 0 Å². The van der Waals surface area contributed by atoms with Crippen molar-refractivity contribution in [3.63, 3.8) is 0 Å². The number of amides is 1. The fraction of sp³-hybridized carbons (Fsp3) is 0.143. The number of hydrogen-bond acceptors (Lipinski definition) is 2. The number of hydrogen-bond donors (Lipinski definition) is 1. The first-order valence-corrected chi connectivity index (χ1v) is 4.59. The van der Waals surface area contributed by atoms with Crippen molar-refractivity contribution in [1.29, 1.82) is 0 Å². The second-order valence-corrected chi connectivity index (χ2v) is 3.67. The number of aromatic nitrogens is 1. The van der Waals surface area contributed by atoms with Crippen molar-refractivity contribution >= 4 is 33.4 Å². The summed E-state index contributed by atoms with van der Waals surface area (Å²) in [6, 6.07) is 1.65. The summed E-state index contributed by atoms with van der Waals surface area (Å²) in [6.45, 7) is 0. The van der Waals surface area contributed by atoms with Crippen LogP contribution in [-0.2, 0) is 0 Å². The van der Waals surface area contributed by atoms with Gasteiger partial charge in [-0.1, -0.05) is 27.5 Å². The Labute approximate surface area is 82.3 Å². The summed E-state index contributed by atoms with van der Waals surface area (Å²) in [5.74, 6) is -0.115. The van der Waals surface area contributed by atoms with E-state index in [1.807, 2.05) is 0 Å². The van der Waals surface area contributed by atoms with Crippen LogP contribution in [0.15, 0.2) is 12.3 Å². The molecular weight excluding hydrogens is 243 g/mol. The van der Waals surface area contributed by atoms with E-state index in [2.05, 4.69) is 26.2 Å². The highest BCUT2D eigenvalue weighted by Gasteiger charge is 2.28. The Morgan fingerprint density at radius 1 is 1.67 bits per heavy atom. The van der Waals surface area contributed by atoms with Crippen molar-refractivity contribution < 1.29 is 4.79 Å². The third-order valence-corrected chi connectivity index (χ3v) is 2.69. The third-order valence-electron chi connectivity index (χ3n) is 1.70. The van der Waals surface area contributed by atoms with E-state index in [0.717, 1.165) is 5.56 Å². The molecule has 0 radical (unpaired) electrons. The van der Waals surface area contributed by atoms with Crippen LogP contribution < -0.4 is 5.32 Å². The molecule has 5 heteroatoms. The highest BCUT2D eigenvalue weighted by molar-refractivity contribution is 9.09. The van der Waals surface area contributed by atoms with Gasteiger partial charge in [-0.25, -0.2) is 4.98 Å². The fourth-order valence-corrected chi connectivity index (χ4v) is 2.22. The molecule has 1 aliphatic heterocycles. The molecule has 62 valence electrons. The van der Waals surface area contributed by atoms with Crippen LogP contribution in [0, 0.1) is 0 Å². The molecule has 0 aliphatic carbocycles. The van der Waals surface area contributed by atoms with Crippen molar-refractivity contribution in [3.05, 3.63) is 28.5 Å². The molecule has 3 nitrogen and oxygen atoms in total. The first-order valence-electron chi connectivity index (χ1n) is 3.29. The lowest BCUT2D eigenvalue weighted by atomic mass is 10.2. The van der Waals surface area contributed by atoms with Gasteiger partial charge >= 0.3 is 0 Å². The van der Waals surface area contributed by atoms with Gasteiger partial charge in [0.1, 0.15) is 10.1 Å². The van der Waals surface area contributed by atoms with Gasteiger partial charge in [0.2, 0.25) is 0 Å². The standard InChI is InChI=1S/C7H4BrClN2O/c8-5-4-3(7(12)11-5)1-2-10-6(4)9/h1-2,5H,(H,11,12). The van der Waals surface area contributed by atoms with Gasteiger partial charge in [0.05, 0.1) is 5.56 Å². The van der Waals surface area contributed by atoms with Crippen molar-refractivity contribution in [3.8, 4) is 0 Å². The summed E-state index contributed by atoms with van der Waals surface area (Å²) >= 11 is 9.07. The van der Waals surface area contributed by atoms with Crippen LogP contribution in [0.25, 0.3) is 0 Å². The minimum atomic E-state index is -0.207. The lowest BCUT2D eigenvalue weighted by Crippen LogP contribution is -2.14. The zero-order valence-corrected chi connectivity index (χ0v) is 8.19. The molecule has 0 bridgehead atoms. The zero-order valence-electron chi connectivity index (χ0n) is 5.84. The summed E-state index contributed by atoms with van der Waals surface area (Å²) < 4.78 is 0. The van der Waals surface area contributed by atoms with E-state index in [0.29, 0.717) is 10.7 Å². The number of alkyl halides is 1. The molecule has 0 fully saturated rings. The summed E-state index contributed by atoms with van der Waals surface area (Å²) in [6.07, 6.45) is 1.52. The Hall–Kier alpha value is -0.610. The molecule has 2 rings (SSSR count). The molecule has 2 heterocycles. The Morgan fingerprint density at radius 2 is 2.42 bits per heavy atom. The number of pyridine rings is 1. The first kappa shape index (κ1) is 8.01. The third kappa shape index (κ3) is 1.03. The number of carbonyl (C=O) groups excluding carboxylic acids is 1. The van der Waals surface area contributed by atoms with Crippen LogP contribution in [-0.4, -0.2) is 10.9 Å². The van der Waals surface area contributed by atoms with Crippen LogP contribution in [0.1, 0.15) is 20.9 Å². The van der Waals surface area contributed by atoms with E-state index in [4.69, 9.17) is 11.6 Å². The van der Waals surface area contributed by atoms with Crippen LogP contribution in [0.4, 0.5) is 0 Å². The minimum absolute atomic E-state index is 0.115. The molecule has 1 aromatic heterocycles. The van der Waals surface area contributed by atoms with Gasteiger partial charge in [-0.05, 0) is 6.07 Å². The van der Waals surface area contributed by atoms with Gasteiger partial charge in [-0.2, -0.15) is 0 Å². The molecule has 1 N–H and O–H groups in total. The van der Waals surface area contributed by atoms with E-state index in [1.165, 1.54) is 6.20 Å². The van der Waals surface area contributed by atoms with Gasteiger partial charge in [-0.3, -0.25) is 4.79 Å². The highest BCUT2D eigenvalue weighted by Crippen LogP contribution is 2.33. The van der Waals surface area contributed by atoms with E-state index in [9.17, 15) is 4.79 Å². The minimum Gasteiger partial charge on any atom is -0.335 e. The van der Waals surface area contributed by atoms with E-state index >= 15 is 0 Å². The largest absolute Gasteiger partial charge is 0.335 e. The molecule has 0 aromatic carbocycles. The van der Waals surface area contributed by atoms with Crippen molar-refractivity contribution in [2.45, 2.75) is 4.95 Å². The molecule has 1 aromatic rings. The SMILES string of the molecule is O=C1NC(Br)c2c1ccnc2Cl. The molecule has 0 saturated carbocycles. The van der Waals surface area contributed by atoms with Crippen LogP contribution in [0.3, 0.4) is 0 Å². The molecular formula is C7H4BrClN2O. The Bertz CT molecular complexity index is 355. The molecule has 0 saturated heterocycles. The number of nitrogens with one attached hydrogen (secondary N) is 1. The molecule has 1 unspecified atom stereocenters. The predicted octanol–water partition coefficient (Wildman–Crippen LogP) is 1.87. The van der Waals surface area contributed by atoms with Gasteiger partial charge < -0.3 is 5.32 Å². The summed E-state index contributed by atoms with van der Waals surface area (Å²) in [5, 5.41) is 3.04. The van der Waals surface area contributed by atoms with Crippen LogP contribution in [0.5, 0.6) is 0 Å². The second-order valence-electron chi connectivity index (χ2n) is 2.40. The highest BCUT2D eigenvalue weighted by atomic mass is 79.9. The molecule has 1 atom stereocenters. The summed E-state index contributed by atoms with van der Waals surface area (Å²) in [7, 11) is 0. The lowest BCUT2D eigenvalue weighted by Gasteiger charge is -2.01. The maximum absolute atomic E-state index is 11.2. The number of fused-ring (bicyclic) bond motifs is 1. The van der Waals surface area contributed by atoms with Crippen molar-refractivity contribution in [2.24, 2.45) is 0 Å². The quantitative estimate of drug-likeness (QED) is 0.432. The van der Waals surface area contributed by atoms with E-state index in [1.54, 1.807) is 6.07 Å². The average Bonchev–Trinajstić information content (AvgIpc) is 2.29. The number of carbonyl (C=O) groups is 1. The molecule has 12 heavy (non-hydrogen) atoms. The second kappa shape index (κ2) is 2.71. The van der Waals surface area contributed by atoms with Crippen LogP contribution >= 0.6 is 27.5 Å². The monoisotopic (exact) mass is 246 g/mol. The van der Waals surface area contributed by atoms with Gasteiger partial charge in [-0.15, -0.1) is 0 Å². The van der Waals surface area contributed by atoms with Crippen LogP contribution in [0.2, 0.25) is 5.15 Å². The molecule has 1 aliphatic rings. The molecule has 1 amide bonds. The molecule has 0 spiro atoms. The number of halogens is 2. The first-order chi connectivity index (χ1) is 5.70. The van der Waals surface area contributed by atoms with E-state index < -0.39 is 0 Å². The summed E-state index contributed by atoms with van der Waals surface area (Å²) in [4.78, 5) is 14.9. The van der Waals surface area contributed by atoms with Crippen molar-refractivity contribution in [2.75, 3.05) is 0 Å². The van der Waals surface area contributed by atoms with Gasteiger partial charge in [0.25, 0.3) is 5.91 Å². The fourth-order valence-electron chi connectivity index (χ4n) is 1.15. The van der Waals surface area contributed by atoms with E-state index in [-0.39, 0.29) is 10.9 Å². The Balaban J connectivity index is 2.67.